The van der Waals surface area contributed by atoms with Crippen LogP contribution < -0.4 is 11.1 Å². The maximum Gasteiger partial charge on any atom is 0.265 e. The van der Waals surface area contributed by atoms with E-state index < -0.39 is 0 Å². The SMILES string of the molecule is CCCc1nnsc1C(=O)NCC(N)C1CC1. The van der Waals surface area contributed by atoms with Crippen molar-refractivity contribution < 1.29 is 4.79 Å². The average molecular weight is 254 g/mol. The van der Waals surface area contributed by atoms with E-state index in [1.165, 1.54) is 12.8 Å². The van der Waals surface area contributed by atoms with Crippen molar-refractivity contribution in [1.82, 2.24) is 14.9 Å². The normalized spacial score (nSPS) is 16.8. The second-order valence-electron chi connectivity index (χ2n) is 4.51. The molecule has 94 valence electrons. The van der Waals surface area contributed by atoms with E-state index in [4.69, 9.17) is 5.73 Å². The van der Waals surface area contributed by atoms with Gasteiger partial charge in [-0.1, -0.05) is 17.8 Å². The van der Waals surface area contributed by atoms with Crippen LogP contribution in [0.5, 0.6) is 0 Å². The first kappa shape index (κ1) is 12.4. The number of carbonyl (C=O) groups is 1. The third kappa shape index (κ3) is 3.23. The van der Waals surface area contributed by atoms with E-state index in [0.717, 1.165) is 30.1 Å². The molecule has 1 aliphatic carbocycles. The molecule has 0 spiro atoms. The molecule has 1 amide bonds. The lowest BCUT2D eigenvalue weighted by atomic mass is 10.2. The maximum atomic E-state index is 11.9. The minimum Gasteiger partial charge on any atom is -0.350 e. The van der Waals surface area contributed by atoms with Gasteiger partial charge in [-0.15, -0.1) is 5.10 Å². The summed E-state index contributed by atoms with van der Waals surface area (Å²) in [5, 5.41) is 6.85. The molecule has 1 heterocycles. The van der Waals surface area contributed by atoms with Gasteiger partial charge in [-0.25, -0.2) is 0 Å². The number of amides is 1. The predicted octanol–water partition coefficient (Wildman–Crippen LogP) is 0.958. The molecule has 0 aromatic carbocycles. The van der Waals surface area contributed by atoms with Crippen molar-refractivity contribution in [2.45, 2.75) is 38.6 Å². The topological polar surface area (TPSA) is 80.9 Å². The van der Waals surface area contributed by atoms with E-state index in [1.807, 2.05) is 0 Å². The molecule has 0 aliphatic heterocycles. The van der Waals surface area contributed by atoms with Crippen molar-refractivity contribution in [2.24, 2.45) is 11.7 Å². The Morgan fingerprint density at radius 3 is 3.06 bits per heavy atom. The van der Waals surface area contributed by atoms with Crippen LogP contribution in [-0.2, 0) is 6.42 Å². The summed E-state index contributed by atoms with van der Waals surface area (Å²) in [6.45, 7) is 2.61. The first-order chi connectivity index (χ1) is 8.22. The van der Waals surface area contributed by atoms with Crippen molar-refractivity contribution >= 4 is 17.4 Å². The molecule has 17 heavy (non-hydrogen) atoms. The molecular weight excluding hydrogens is 236 g/mol. The lowest BCUT2D eigenvalue weighted by Gasteiger charge is -2.10. The van der Waals surface area contributed by atoms with Crippen molar-refractivity contribution in [1.29, 1.82) is 0 Å². The predicted molar refractivity (Wildman–Crippen MR) is 66.9 cm³/mol. The second kappa shape index (κ2) is 5.55. The Balaban J connectivity index is 1.87. The highest BCUT2D eigenvalue weighted by Gasteiger charge is 2.28. The number of carbonyl (C=O) groups excluding carboxylic acids is 1. The molecule has 3 N–H and O–H groups in total. The molecule has 0 saturated heterocycles. The van der Waals surface area contributed by atoms with Gasteiger partial charge in [0.25, 0.3) is 5.91 Å². The summed E-state index contributed by atoms with van der Waals surface area (Å²) in [4.78, 5) is 12.5. The molecule has 1 aromatic rings. The van der Waals surface area contributed by atoms with Crippen LogP contribution >= 0.6 is 11.5 Å². The summed E-state index contributed by atoms with van der Waals surface area (Å²) in [7, 11) is 0. The van der Waals surface area contributed by atoms with Crippen molar-refractivity contribution in [3.05, 3.63) is 10.6 Å². The zero-order valence-corrected chi connectivity index (χ0v) is 10.8. The molecule has 1 aromatic heterocycles. The van der Waals surface area contributed by atoms with Crippen LogP contribution in [-0.4, -0.2) is 28.1 Å². The summed E-state index contributed by atoms with van der Waals surface area (Å²) in [6, 6.07) is 0.0921. The van der Waals surface area contributed by atoms with E-state index >= 15 is 0 Å². The lowest BCUT2D eigenvalue weighted by Crippen LogP contribution is -2.38. The third-order valence-corrected chi connectivity index (χ3v) is 3.74. The van der Waals surface area contributed by atoms with Gasteiger partial charge < -0.3 is 11.1 Å². The van der Waals surface area contributed by atoms with Gasteiger partial charge in [0.2, 0.25) is 0 Å². The smallest absolute Gasteiger partial charge is 0.265 e. The van der Waals surface area contributed by atoms with Crippen LogP contribution in [0.1, 0.15) is 41.6 Å². The summed E-state index contributed by atoms with van der Waals surface area (Å²) in [5.41, 5.74) is 6.74. The summed E-state index contributed by atoms with van der Waals surface area (Å²) < 4.78 is 3.84. The summed E-state index contributed by atoms with van der Waals surface area (Å²) in [6.07, 6.45) is 4.15. The Bertz CT molecular complexity index is 389. The Labute approximate surface area is 105 Å². The summed E-state index contributed by atoms with van der Waals surface area (Å²) >= 11 is 1.16. The van der Waals surface area contributed by atoms with Crippen molar-refractivity contribution in [3.63, 3.8) is 0 Å². The minimum atomic E-state index is -0.0837. The van der Waals surface area contributed by atoms with Gasteiger partial charge in [-0.2, -0.15) is 0 Å². The molecule has 6 heteroatoms. The molecule has 2 rings (SSSR count). The fourth-order valence-corrected chi connectivity index (χ4v) is 2.39. The number of aromatic nitrogens is 2. The Morgan fingerprint density at radius 2 is 2.41 bits per heavy atom. The van der Waals surface area contributed by atoms with Gasteiger partial charge >= 0.3 is 0 Å². The van der Waals surface area contributed by atoms with Crippen LogP contribution in [0.25, 0.3) is 0 Å². The van der Waals surface area contributed by atoms with Crippen LogP contribution in [0.2, 0.25) is 0 Å². The quantitative estimate of drug-likeness (QED) is 0.792. The number of nitrogens with one attached hydrogen (secondary N) is 1. The highest BCUT2D eigenvalue weighted by molar-refractivity contribution is 7.08. The minimum absolute atomic E-state index is 0.0837. The van der Waals surface area contributed by atoms with Crippen LogP contribution in [0.15, 0.2) is 0 Å². The lowest BCUT2D eigenvalue weighted by molar-refractivity contribution is 0.0953. The van der Waals surface area contributed by atoms with Crippen LogP contribution in [0.3, 0.4) is 0 Å². The van der Waals surface area contributed by atoms with Crippen LogP contribution in [0.4, 0.5) is 0 Å². The first-order valence-electron chi connectivity index (χ1n) is 6.07. The van der Waals surface area contributed by atoms with Gasteiger partial charge in [0.15, 0.2) is 0 Å². The maximum absolute atomic E-state index is 11.9. The van der Waals surface area contributed by atoms with Gasteiger partial charge in [0, 0.05) is 12.6 Å². The molecule has 5 nitrogen and oxygen atoms in total. The number of hydrogen-bond acceptors (Lipinski definition) is 5. The fraction of sp³-hybridized carbons (Fsp3) is 0.727. The average Bonchev–Trinajstić information content (AvgIpc) is 3.07. The molecule has 1 aliphatic rings. The van der Waals surface area contributed by atoms with Crippen molar-refractivity contribution in [2.75, 3.05) is 6.54 Å². The summed E-state index contributed by atoms with van der Waals surface area (Å²) in [5.74, 6) is 0.518. The highest BCUT2D eigenvalue weighted by atomic mass is 32.1. The Hall–Kier alpha value is -1.01. The monoisotopic (exact) mass is 254 g/mol. The molecule has 0 radical (unpaired) electrons. The third-order valence-electron chi connectivity index (χ3n) is 2.97. The molecule has 1 fully saturated rings. The van der Waals surface area contributed by atoms with Crippen LogP contribution in [0, 0.1) is 5.92 Å². The van der Waals surface area contributed by atoms with E-state index in [9.17, 15) is 4.79 Å². The number of aryl methyl sites for hydroxylation is 1. The Kier molecular flexibility index (Phi) is 4.06. The van der Waals surface area contributed by atoms with Gasteiger partial charge in [-0.05, 0) is 36.7 Å². The number of hydrogen-bond donors (Lipinski definition) is 2. The number of nitrogens with two attached hydrogens (primary N) is 1. The molecule has 0 bridgehead atoms. The van der Waals surface area contributed by atoms with E-state index in [1.54, 1.807) is 0 Å². The highest BCUT2D eigenvalue weighted by Crippen LogP contribution is 2.31. The standard InChI is InChI=1S/C11H18N4OS/c1-2-3-9-10(17-15-14-9)11(16)13-6-8(12)7-4-5-7/h7-8H,2-6,12H2,1H3,(H,13,16). The Morgan fingerprint density at radius 1 is 1.65 bits per heavy atom. The van der Waals surface area contributed by atoms with Crippen molar-refractivity contribution in [3.8, 4) is 0 Å². The second-order valence-corrected chi connectivity index (χ2v) is 5.26. The zero-order valence-electron chi connectivity index (χ0n) is 9.98. The molecule has 1 saturated carbocycles. The van der Waals surface area contributed by atoms with Gasteiger partial charge in [0.1, 0.15) is 4.88 Å². The van der Waals surface area contributed by atoms with E-state index in [2.05, 4.69) is 21.8 Å². The van der Waals surface area contributed by atoms with E-state index in [-0.39, 0.29) is 11.9 Å². The molecule has 1 atom stereocenters. The molecule has 1 unspecified atom stereocenters. The largest absolute Gasteiger partial charge is 0.350 e. The fourth-order valence-electron chi connectivity index (χ4n) is 1.76. The van der Waals surface area contributed by atoms with E-state index in [0.29, 0.717) is 17.3 Å². The number of rotatable bonds is 6. The zero-order chi connectivity index (χ0) is 12.3. The number of nitrogens with zero attached hydrogens (tertiary/aromatic N) is 2. The first-order valence-corrected chi connectivity index (χ1v) is 6.84. The molecular formula is C11H18N4OS. The van der Waals surface area contributed by atoms with Gasteiger partial charge in [0.05, 0.1) is 5.69 Å². The van der Waals surface area contributed by atoms with Gasteiger partial charge in [-0.3, -0.25) is 4.79 Å².